The molecular formula is C11H18N2O2S2. The summed E-state index contributed by atoms with van der Waals surface area (Å²) >= 11 is 1.50. The number of thiophene rings is 1. The highest BCUT2D eigenvalue weighted by Gasteiger charge is 2.23. The largest absolute Gasteiger partial charge is 0.309 e. The molecule has 2 N–H and O–H groups in total. The summed E-state index contributed by atoms with van der Waals surface area (Å²) in [4.78, 5) is 1.34. The summed E-state index contributed by atoms with van der Waals surface area (Å²) < 4.78 is 26.6. The third kappa shape index (κ3) is 3.51. The van der Waals surface area contributed by atoms with Gasteiger partial charge >= 0.3 is 0 Å². The first-order valence-electron chi connectivity index (χ1n) is 5.93. The standard InChI is InChI=1S/C11H18N2O2S2/c1-2-6-13-17(14,15)11-5-7-16-10(11)8-12-9-3-4-9/h5,7,9,12-13H,2-4,6,8H2,1H3. The van der Waals surface area contributed by atoms with Crippen molar-refractivity contribution in [2.24, 2.45) is 0 Å². The van der Waals surface area contributed by atoms with Crippen LogP contribution in [0.3, 0.4) is 0 Å². The van der Waals surface area contributed by atoms with Gasteiger partial charge in [-0.1, -0.05) is 6.92 Å². The summed E-state index contributed by atoms with van der Waals surface area (Å²) in [5.41, 5.74) is 0. The van der Waals surface area contributed by atoms with Crippen LogP contribution in [-0.2, 0) is 16.6 Å². The van der Waals surface area contributed by atoms with Gasteiger partial charge in [-0.2, -0.15) is 0 Å². The molecule has 1 heterocycles. The molecule has 0 aromatic carbocycles. The predicted molar refractivity (Wildman–Crippen MR) is 69.7 cm³/mol. The average molecular weight is 274 g/mol. The number of hydrogen-bond acceptors (Lipinski definition) is 4. The Hall–Kier alpha value is -0.430. The molecule has 4 nitrogen and oxygen atoms in total. The van der Waals surface area contributed by atoms with Crippen LogP contribution in [-0.4, -0.2) is 21.0 Å². The van der Waals surface area contributed by atoms with Crippen LogP contribution in [0.5, 0.6) is 0 Å². The minimum absolute atomic E-state index is 0.434. The van der Waals surface area contributed by atoms with Crippen molar-refractivity contribution in [2.45, 2.75) is 43.7 Å². The lowest BCUT2D eigenvalue weighted by Crippen LogP contribution is -2.25. The molecule has 0 radical (unpaired) electrons. The first-order valence-corrected chi connectivity index (χ1v) is 8.29. The minimum Gasteiger partial charge on any atom is -0.309 e. The van der Waals surface area contributed by atoms with E-state index >= 15 is 0 Å². The fraction of sp³-hybridized carbons (Fsp3) is 0.636. The fourth-order valence-corrected chi connectivity index (χ4v) is 4.06. The van der Waals surface area contributed by atoms with Crippen LogP contribution < -0.4 is 10.0 Å². The van der Waals surface area contributed by atoms with Crippen LogP contribution in [0.2, 0.25) is 0 Å². The van der Waals surface area contributed by atoms with Crippen molar-refractivity contribution in [3.8, 4) is 0 Å². The Kier molecular flexibility index (Phi) is 4.19. The van der Waals surface area contributed by atoms with Gasteiger partial charge in [0.05, 0.1) is 4.90 Å². The number of sulfonamides is 1. The number of hydrogen-bond donors (Lipinski definition) is 2. The molecule has 1 aromatic heterocycles. The molecule has 1 aliphatic rings. The zero-order valence-electron chi connectivity index (χ0n) is 9.90. The topological polar surface area (TPSA) is 58.2 Å². The summed E-state index contributed by atoms with van der Waals surface area (Å²) in [6.45, 7) is 3.10. The molecule has 0 unspecified atom stereocenters. The van der Waals surface area contributed by atoms with Crippen LogP contribution in [0, 0.1) is 0 Å². The molecule has 2 rings (SSSR count). The van der Waals surface area contributed by atoms with Crippen molar-refractivity contribution in [1.29, 1.82) is 0 Å². The van der Waals surface area contributed by atoms with Crippen molar-refractivity contribution in [2.75, 3.05) is 6.54 Å². The molecule has 0 atom stereocenters. The summed E-state index contributed by atoms with van der Waals surface area (Å²) in [5, 5.41) is 5.18. The molecule has 0 saturated heterocycles. The van der Waals surface area contributed by atoms with E-state index in [4.69, 9.17) is 0 Å². The maximum atomic E-state index is 12.0. The molecule has 1 aromatic rings. The predicted octanol–water partition coefficient (Wildman–Crippen LogP) is 1.69. The van der Waals surface area contributed by atoms with E-state index in [1.807, 2.05) is 12.3 Å². The summed E-state index contributed by atoms with van der Waals surface area (Å²) in [6, 6.07) is 2.28. The third-order valence-electron chi connectivity index (χ3n) is 2.66. The van der Waals surface area contributed by atoms with E-state index in [1.54, 1.807) is 6.07 Å². The van der Waals surface area contributed by atoms with Gasteiger partial charge in [0.1, 0.15) is 0 Å². The summed E-state index contributed by atoms with van der Waals surface area (Å²) in [7, 11) is -3.32. The van der Waals surface area contributed by atoms with Gasteiger partial charge in [-0.05, 0) is 30.7 Å². The molecule has 0 bridgehead atoms. The van der Waals surface area contributed by atoms with Gasteiger partial charge in [0, 0.05) is 24.0 Å². The van der Waals surface area contributed by atoms with E-state index in [0.717, 1.165) is 11.3 Å². The monoisotopic (exact) mass is 274 g/mol. The maximum absolute atomic E-state index is 12.0. The van der Waals surface area contributed by atoms with Crippen molar-refractivity contribution in [3.63, 3.8) is 0 Å². The van der Waals surface area contributed by atoms with Crippen LogP contribution in [0.25, 0.3) is 0 Å². The molecule has 1 saturated carbocycles. The zero-order chi connectivity index (χ0) is 12.3. The molecule has 96 valence electrons. The molecule has 17 heavy (non-hydrogen) atoms. The second-order valence-corrected chi connectivity index (χ2v) is 7.00. The molecule has 0 spiro atoms. The second-order valence-electron chi connectivity index (χ2n) is 4.26. The average Bonchev–Trinajstić information content (AvgIpc) is 3.00. The van der Waals surface area contributed by atoms with E-state index in [-0.39, 0.29) is 0 Å². The van der Waals surface area contributed by atoms with Crippen molar-refractivity contribution in [1.82, 2.24) is 10.0 Å². The molecule has 0 amide bonds. The van der Waals surface area contributed by atoms with Crippen molar-refractivity contribution >= 4 is 21.4 Å². The Morgan fingerprint density at radius 2 is 2.24 bits per heavy atom. The Morgan fingerprint density at radius 3 is 2.88 bits per heavy atom. The molecule has 0 aliphatic heterocycles. The third-order valence-corrected chi connectivity index (χ3v) is 5.26. The SMILES string of the molecule is CCCNS(=O)(=O)c1ccsc1CNC1CC1. The lowest BCUT2D eigenvalue weighted by molar-refractivity contribution is 0.578. The number of nitrogens with one attached hydrogen (secondary N) is 2. The summed E-state index contributed by atoms with van der Waals surface area (Å²) in [5.74, 6) is 0. The highest BCUT2D eigenvalue weighted by atomic mass is 32.2. The van der Waals surface area contributed by atoms with Crippen molar-refractivity contribution in [3.05, 3.63) is 16.3 Å². The quantitative estimate of drug-likeness (QED) is 0.795. The Morgan fingerprint density at radius 1 is 1.47 bits per heavy atom. The highest BCUT2D eigenvalue weighted by molar-refractivity contribution is 7.89. The zero-order valence-corrected chi connectivity index (χ0v) is 11.5. The number of rotatable bonds is 7. The lowest BCUT2D eigenvalue weighted by atomic mass is 10.4. The normalized spacial score (nSPS) is 16.3. The maximum Gasteiger partial charge on any atom is 0.241 e. The van der Waals surface area contributed by atoms with Crippen LogP contribution in [0.15, 0.2) is 16.3 Å². The van der Waals surface area contributed by atoms with Gasteiger partial charge in [0.2, 0.25) is 10.0 Å². The lowest BCUT2D eigenvalue weighted by Gasteiger charge is -2.07. The van der Waals surface area contributed by atoms with Gasteiger partial charge < -0.3 is 5.32 Å². The fourth-order valence-electron chi connectivity index (χ4n) is 1.54. The highest BCUT2D eigenvalue weighted by Crippen LogP contribution is 2.24. The van der Waals surface area contributed by atoms with E-state index < -0.39 is 10.0 Å². The molecule has 1 fully saturated rings. The smallest absolute Gasteiger partial charge is 0.241 e. The Labute approximate surface area is 106 Å². The second kappa shape index (κ2) is 5.48. The first kappa shape index (κ1) is 13.0. The van der Waals surface area contributed by atoms with E-state index in [0.29, 0.717) is 24.0 Å². The van der Waals surface area contributed by atoms with E-state index in [2.05, 4.69) is 10.0 Å². The summed E-state index contributed by atoms with van der Waals surface area (Å²) in [6.07, 6.45) is 3.22. The van der Waals surface area contributed by atoms with Gasteiger partial charge in [0.15, 0.2) is 0 Å². The van der Waals surface area contributed by atoms with Gasteiger partial charge in [-0.25, -0.2) is 13.1 Å². The van der Waals surface area contributed by atoms with Crippen molar-refractivity contribution < 1.29 is 8.42 Å². The van der Waals surface area contributed by atoms with Gasteiger partial charge in [-0.15, -0.1) is 11.3 Å². The Bertz CT molecular complexity index is 464. The van der Waals surface area contributed by atoms with E-state index in [1.165, 1.54) is 24.2 Å². The molecular weight excluding hydrogens is 256 g/mol. The van der Waals surface area contributed by atoms with E-state index in [9.17, 15) is 8.42 Å². The first-order chi connectivity index (χ1) is 8.13. The minimum atomic E-state index is -3.32. The van der Waals surface area contributed by atoms with Gasteiger partial charge in [0.25, 0.3) is 0 Å². The van der Waals surface area contributed by atoms with Gasteiger partial charge in [-0.3, -0.25) is 0 Å². The van der Waals surface area contributed by atoms with Crippen LogP contribution in [0.1, 0.15) is 31.1 Å². The molecule has 1 aliphatic carbocycles. The molecule has 6 heteroatoms. The van der Waals surface area contributed by atoms with Crippen LogP contribution in [0.4, 0.5) is 0 Å². The van der Waals surface area contributed by atoms with Crippen LogP contribution >= 0.6 is 11.3 Å². The Balaban J connectivity index is 2.05.